The summed E-state index contributed by atoms with van der Waals surface area (Å²) in [5.41, 5.74) is 0.966. The van der Waals surface area contributed by atoms with Crippen LogP contribution < -0.4 is 4.74 Å². The van der Waals surface area contributed by atoms with E-state index in [1.165, 1.54) is 10.8 Å². The average Bonchev–Trinajstić information content (AvgIpc) is 2.84. The fourth-order valence-electron chi connectivity index (χ4n) is 1.64. The molecule has 0 N–H and O–H groups in total. The molecule has 19 heavy (non-hydrogen) atoms. The van der Waals surface area contributed by atoms with Crippen molar-refractivity contribution in [1.29, 1.82) is 0 Å². The molecule has 0 saturated heterocycles. The molecule has 7 heteroatoms. The first-order valence-corrected chi connectivity index (χ1v) is 6.20. The van der Waals surface area contributed by atoms with Crippen molar-refractivity contribution < 1.29 is 4.74 Å². The van der Waals surface area contributed by atoms with E-state index in [9.17, 15) is 0 Å². The van der Waals surface area contributed by atoms with Crippen LogP contribution in [0.15, 0.2) is 30.6 Å². The predicted molar refractivity (Wildman–Crippen MR) is 72.1 cm³/mol. The van der Waals surface area contributed by atoms with Gasteiger partial charge in [0.25, 0.3) is 5.78 Å². The maximum Gasteiger partial charge on any atom is 0.255 e. The summed E-state index contributed by atoms with van der Waals surface area (Å²) in [5, 5.41) is 4.34. The monoisotopic (exact) mass is 294 g/mol. The van der Waals surface area contributed by atoms with E-state index in [1.54, 1.807) is 0 Å². The van der Waals surface area contributed by atoms with Gasteiger partial charge in [0.15, 0.2) is 10.3 Å². The van der Waals surface area contributed by atoms with Gasteiger partial charge < -0.3 is 4.74 Å². The van der Waals surface area contributed by atoms with Crippen LogP contribution >= 0.6 is 23.2 Å². The number of hydrogen-bond acceptors (Lipinski definition) is 4. The highest BCUT2D eigenvalue weighted by atomic mass is 35.5. The van der Waals surface area contributed by atoms with Gasteiger partial charge in [0, 0.05) is 0 Å². The quantitative estimate of drug-likeness (QED) is 0.679. The van der Waals surface area contributed by atoms with Crippen LogP contribution in [0.25, 0.3) is 5.78 Å². The Morgan fingerprint density at radius 3 is 2.79 bits per heavy atom. The average molecular weight is 295 g/mol. The van der Waals surface area contributed by atoms with Gasteiger partial charge in [-0.1, -0.05) is 41.4 Å². The van der Waals surface area contributed by atoms with E-state index < -0.39 is 0 Å². The Bertz CT molecular complexity index is 757. The molecule has 2 aromatic heterocycles. The maximum absolute atomic E-state index is 6.20. The SMILES string of the molecule is Cc1ccccc1Oc1c(Cl)nc2ncnn2c1Cl. The van der Waals surface area contributed by atoms with Crippen molar-refractivity contribution in [2.24, 2.45) is 0 Å². The Morgan fingerprint density at radius 1 is 1.21 bits per heavy atom. The van der Waals surface area contributed by atoms with Crippen molar-refractivity contribution in [3.05, 3.63) is 46.5 Å². The van der Waals surface area contributed by atoms with Crippen LogP contribution in [0.1, 0.15) is 5.56 Å². The second-order valence-electron chi connectivity index (χ2n) is 3.86. The topological polar surface area (TPSA) is 52.3 Å². The zero-order valence-corrected chi connectivity index (χ0v) is 11.4. The zero-order chi connectivity index (χ0) is 13.4. The van der Waals surface area contributed by atoms with Gasteiger partial charge in [-0.15, -0.1) is 0 Å². The van der Waals surface area contributed by atoms with Crippen molar-refractivity contribution in [1.82, 2.24) is 19.6 Å². The molecule has 96 valence electrons. The van der Waals surface area contributed by atoms with Crippen LogP contribution in [-0.2, 0) is 0 Å². The lowest BCUT2D eigenvalue weighted by molar-refractivity contribution is 0.472. The molecular weight excluding hydrogens is 287 g/mol. The van der Waals surface area contributed by atoms with Crippen LogP contribution in [0.5, 0.6) is 11.5 Å². The second-order valence-corrected chi connectivity index (χ2v) is 4.58. The fourth-order valence-corrected chi connectivity index (χ4v) is 2.13. The molecule has 1 aromatic carbocycles. The molecule has 5 nitrogen and oxygen atoms in total. The Kier molecular flexibility index (Phi) is 3.00. The summed E-state index contributed by atoms with van der Waals surface area (Å²) in [6.45, 7) is 1.93. The van der Waals surface area contributed by atoms with E-state index in [0.29, 0.717) is 11.5 Å². The molecule has 2 heterocycles. The number of aromatic nitrogens is 4. The highest BCUT2D eigenvalue weighted by Gasteiger charge is 2.16. The molecule has 0 aliphatic carbocycles. The van der Waals surface area contributed by atoms with E-state index in [1.807, 2.05) is 31.2 Å². The van der Waals surface area contributed by atoms with Crippen molar-refractivity contribution in [3.63, 3.8) is 0 Å². The Hall–Kier alpha value is -1.85. The summed E-state index contributed by atoms with van der Waals surface area (Å²) >= 11 is 12.3. The van der Waals surface area contributed by atoms with Gasteiger partial charge in [0.05, 0.1) is 0 Å². The molecule has 0 saturated carbocycles. The maximum atomic E-state index is 6.20. The van der Waals surface area contributed by atoms with Crippen molar-refractivity contribution in [2.75, 3.05) is 0 Å². The third-order valence-corrected chi connectivity index (χ3v) is 3.18. The molecule has 0 radical (unpaired) electrons. The van der Waals surface area contributed by atoms with Crippen LogP contribution in [0, 0.1) is 6.92 Å². The van der Waals surface area contributed by atoms with Crippen molar-refractivity contribution >= 4 is 29.0 Å². The third kappa shape index (κ3) is 2.11. The number of para-hydroxylation sites is 1. The molecule has 3 aromatic rings. The molecule has 3 rings (SSSR count). The molecule has 0 bridgehead atoms. The first kappa shape index (κ1) is 12.2. The zero-order valence-electron chi connectivity index (χ0n) is 9.84. The number of halogens is 2. The van der Waals surface area contributed by atoms with Gasteiger partial charge in [-0.3, -0.25) is 0 Å². The van der Waals surface area contributed by atoms with Gasteiger partial charge in [-0.25, -0.2) is 0 Å². The van der Waals surface area contributed by atoms with E-state index in [4.69, 9.17) is 27.9 Å². The van der Waals surface area contributed by atoms with Gasteiger partial charge in [0.2, 0.25) is 5.75 Å². The summed E-state index contributed by atoms with van der Waals surface area (Å²) < 4.78 is 7.10. The molecule has 0 spiro atoms. The highest BCUT2D eigenvalue weighted by molar-refractivity contribution is 6.36. The van der Waals surface area contributed by atoms with Crippen molar-refractivity contribution in [2.45, 2.75) is 6.92 Å². The van der Waals surface area contributed by atoms with E-state index in [-0.39, 0.29) is 16.1 Å². The largest absolute Gasteiger partial charge is 0.451 e. The molecule has 0 aliphatic rings. The molecule has 0 aliphatic heterocycles. The number of aryl methyl sites for hydroxylation is 1. The van der Waals surface area contributed by atoms with Crippen LogP contribution in [0.2, 0.25) is 10.3 Å². The number of benzene rings is 1. The smallest absolute Gasteiger partial charge is 0.255 e. The van der Waals surface area contributed by atoms with Gasteiger partial charge in [0.1, 0.15) is 12.1 Å². The van der Waals surface area contributed by atoms with Crippen LogP contribution in [0.3, 0.4) is 0 Å². The number of ether oxygens (including phenoxy) is 1. The van der Waals surface area contributed by atoms with E-state index in [0.717, 1.165) is 5.56 Å². The van der Waals surface area contributed by atoms with Crippen LogP contribution in [-0.4, -0.2) is 19.6 Å². The minimum absolute atomic E-state index is 0.147. The minimum Gasteiger partial charge on any atom is -0.451 e. The molecule has 0 unspecified atom stereocenters. The first-order chi connectivity index (χ1) is 9.16. The minimum atomic E-state index is 0.147. The van der Waals surface area contributed by atoms with E-state index in [2.05, 4.69) is 15.1 Å². The lowest BCUT2D eigenvalue weighted by Crippen LogP contribution is -1.98. The number of fused-ring (bicyclic) bond motifs is 1. The molecule has 0 atom stereocenters. The lowest BCUT2D eigenvalue weighted by atomic mass is 10.2. The van der Waals surface area contributed by atoms with E-state index >= 15 is 0 Å². The number of rotatable bonds is 2. The van der Waals surface area contributed by atoms with Crippen LogP contribution in [0.4, 0.5) is 0 Å². The predicted octanol–water partition coefficient (Wildman–Crippen LogP) is 3.53. The van der Waals surface area contributed by atoms with Crippen molar-refractivity contribution in [3.8, 4) is 11.5 Å². The van der Waals surface area contributed by atoms with Gasteiger partial charge in [-0.2, -0.15) is 19.6 Å². The lowest BCUT2D eigenvalue weighted by Gasteiger charge is -2.11. The fraction of sp³-hybridized carbons (Fsp3) is 0.0833. The summed E-state index contributed by atoms with van der Waals surface area (Å²) in [6, 6.07) is 7.54. The standard InChI is InChI=1S/C12H8Cl2N4O/c1-7-4-2-3-5-8(7)19-9-10(13)17-12-15-6-16-18(12)11(9)14/h2-6H,1H3. The Morgan fingerprint density at radius 2 is 2.00 bits per heavy atom. The molecule has 0 fully saturated rings. The number of hydrogen-bond donors (Lipinski definition) is 0. The normalized spacial score (nSPS) is 10.9. The first-order valence-electron chi connectivity index (χ1n) is 5.45. The summed E-state index contributed by atoms with van der Waals surface area (Å²) in [7, 11) is 0. The summed E-state index contributed by atoms with van der Waals surface area (Å²) in [6.07, 6.45) is 1.35. The summed E-state index contributed by atoms with van der Waals surface area (Å²) in [4.78, 5) is 7.99. The van der Waals surface area contributed by atoms with Gasteiger partial charge >= 0.3 is 0 Å². The molecular formula is C12H8Cl2N4O. The third-order valence-electron chi connectivity index (χ3n) is 2.59. The Labute approximate surface area is 118 Å². The molecule has 0 amide bonds. The highest BCUT2D eigenvalue weighted by Crippen LogP contribution is 2.35. The number of nitrogens with zero attached hydrogens (tertiary/aromatic N) is 4. The Balaban J connectivity index is 2.12. The summed E-state index contributed by atoms with van der Waals surface area (Å²) in [5.74, 6) is 1.25. The van der Waals surface area contributed by atoms with Gasteiger partial charge in [-0.05, 0) is 18.6 Å². The second kappa shape index (κ2) is 4.68.